The van der Waals surface area contributed by atoms with Crippen molar-refractivity contribution in [3.8, 4) is 5.88 Å². The molecule has 0 saturated heterocycles. The van der Waals surface area contributed by atoms with Gasteiger partial charge in [0.05, 0.1) is 4.92 Å². The summed E-state index contributed by atoms with van der Waals surface area (Å²) in [5.41, 5.74) is -0.184. The summed E-state index contributed by atoms with van der Waals surface area (Å²) in [7, 11) is 1.66. The van der Waals surface area contributed by atoms with Gasteiger partial charge < -0.3 is 10.1 Å². The lowest BCUT2D eigenvalue weighted by Gasteiger charge is -2.28. The lowest BCUT2D eigenvalue weighted by Crippen LogP contribution is -2.29. The molecule has 0 aromatic carbocycles. The van der Waals surface area contributed by atoms with Gasteiger partial charge in [-0.3, -0.25) is 10.1 Å². The zero-order valence-electron chi connectivity index (χ0n) is 11.1. The molecule has 0 radical (unpaired) electrons. The van der Waals surface area contributed by atoms with Crippen LogP contribution in [-0.4, -0.2) is 28.0 Å². The maximum absolute atomic E-state index is 11.0. The van der Waals surface area contributed by atoms with E-state index in [-0.39, 0.29) is 17.7 Å². The molecule has 7 nitrogen and oxygen atoms in total. The van der Waals surface area contributed by atoms with Gasteiger partial charge in [-0.1, -0.05) is 13.3 Å². The SMILES string of the molecule is CNc1ncc([N+](=O)[O-])c(OC2CCCCC2C)n1. The quantitative estimate of drug-likeness (QED) is 0.664. The molecule has 1 aliphatic carbocycles. The van der Waals surface area contributed by atoms with E-state index in [0.29, 0.717) is 11.9 Å². The molecule has 0 bridgehead atoms. The molecule has 2 atom stereocenters. The molecule has 1 heterocycles. The molecule has 7 heteroatoms. The Labute approximate surface area is 111 Å². The minimum absolute atomic E-state index is 0.00736. The van der Waals surface area contributed by atoms with Crippen LogP contribution in [0.25, 0.3) is 0 Å². The molecule has 104 valence electrons. The second-order valence-electron chi connectivity index (χ2n) is 4.81. The molecule has 1 N–H and O–H groups in total. The minimum atomic E-state index is -0.512. The molecule has 0 amide bonds. The Morgan fingerprint density at radius 1 is 1.47 bits per heavy atom. The van der Waals surface area contributed by atoms with Crippen molar-refractivity contribution in [1.29, 1.82) is 0 Å². The van der Waals surface area contributed by atoms with Gasteiger partial charge in [0.15, 0.2) is 0 Å². The number of anilines is 1. The van der Waals surface area contributed by atoms with Gasteiger partial charge in [-0.15, -0.1) is 0 Å². The Balaban J connectivity index is 2.23. The number of nitrogens with one attached hydrogen (secondary N) is 1. The van der Waals surface area contributed by atoms with E-state index in [1.54, 1.807) is 7.05 Å². The first kappa shape index (κ1) is 13.5. The van der Waals surface area contributed by atoms with E-state index in [9.17, 15) is 10.1 Å². The van der Waals surface area contributed by atoms with Gasteiger partial charge in [0, 0.05) is 7.05 Å². The third-order valence-electron chi connectivity index (χ3n) is 3.45. The second-order valence-corrected chi connectivity index (χ2v) is 4.81. The van der Waals surface area contributed by atoms with Crippen molar-refractivity contribution in [3.63, 3.8) is 0 Å². The van der Waals surface area contributed by atoms with Crippen molar-refractivity contribution in [2.24, 2.45) is 5.92 Å². The molecule has 2 unspecified atom stereocenters. The van der Waals surface area contributed by atoms with Crippen LogP contribution in [0.2, 0.25) is 0 Å². The van der Waals surface area contributed by atoms with Crippen LogP contribution in [0.15, 0.2) is 6.20 Å². The fourth-order valence-electron chi connectivity index (χ4n) is 2.29. The molecule has 1 saturated carbocycles. The number of aromatic nitrogens is 2. The smallest absolute Gasteiger partial charge is 0.349 e. The van der Waals surface area contributed by atoms with E-state index in [2.05, 4.69) is 22.2 Å². The zero-order valence-corrected chi connectivity index (χ0v) is 11.1. The Hall–Kier alpha value is -1.92. The van der Waals surface area contributed by atoms with Gasteiger partial charge in [0.2, 0.25) is 5.95 Å². The molecule has 1 aliphatic rings. The van der Waals surface area contributed by atoms with E-state index in [1.165, 1.54) is 12.6 Å². The predicted octanol–water partition coefficient (Wildman–Crippen LogP) is 2.38. The van der Waals surface area contributed by atoms with Crippen molar-refractivity contribution in [2.75, 3.05) is 12.4 Å². The van der Waals surface area contributed by atoms with Crippen LogP contribution >= 0.6 is 0 Å². The summed E-state index contributed by atoms with van der Waals surface area (Å²) in [5.74, 6) is 0.772. The van der Waals surface area contributed by atoms with Gasteiger partial charge in [-0.25, -0.2) is 4.98 Å². The van der Waals surface area contributed by atoms with Crippen molar-refractivity contribution in [2.45, 2.75) is 38.7 Å². The maximum Gasteiger partial charge on any atom is 0.349 e. The molecular formula is C12H18N4O3. The fourth-order valence-corrected chi connectivity index (χ4v) is 2.29. The summed E-state index contributed by atoms with van der Waals surface area (Å²) in [6.07, 6.45) is 5.45. The van der Waals surface area contributed by atoms with Crippen molar-refractivity contribution < 1.29 is 9.66 Å². The normalized spacial score (nSPS) is 22.8. The molecule has 2 rings (SSSR count). The Bertz CT molecular complexity index is 466. The number of ether oxygens (including phenoxy) is 1. The Morgan fingerprint density at radius 3 is 2.84 bits per heavy atom. The summed E-state index contributed by atoms with van der Waals surface area (Å²) in [5, 5.41) is 13.7. The monoisotopic (exact) mass is 266 g/mol. The van der Waals surface area contributed by atoms with Gasteiger partial charge in [-0.2, -0.15) is 4.98 Å². The number of nitrogens with zero attached hydrogens (tertiary/aromatic N) is 3. The average molecular weight is 266 g/mol. The lowest BCUT2D eigenvalue weighted by molar-refractivity contribution is -0.386. The van der Waals surface area contributed by atoms with Crippen LogP contribution in [0.4, 0.5) is 11.6 Å². The van der Waals surface area contributed by atoms with E-state index in [0.717, 1.165) is 19.3 Å². The van der Waals surface area contributed by atoms with E-state index in [4.69, 9.17) is 4.74 Å². The number of rotatable bonds is 4. The predicted molar refractivity (Wildman–Crippen MR) is 70.3 cm³/mol. The van der Waals surface area contributed by atoms with Gasteiger partial charge in [-0.05, 0) is 25.2 Å². The highest BCUT2D eigenvalue weighted by Crippen LogP contribution is 2.31. The molecule has 19 heavy (non-hydrogen) atoms. The first-order valence-electron chi connectivity index (χ1n) is 6.47. The van der Waals surface area contributed by atoms with E-state index < -0.39 is 4.92 Å². The van der Waals surface area contributed by atoms with Crippen LogP contribution in [0.1, 0.15) is 32.6 Å². The molecule has 1 fully saturated rings. The van der Waals surface area contributed by atoms with Crippen molar-refractivity contribution >= 4 is 11.6 Å². The van der Waals surface area contributed by atoms with Crippen LogP contribution in [0.5, 0.6) is 5.88 Å². The maximum atomic E-state index is 11.0. The molecule has 0 aliphatic heterocycles. The molecule has 1 aromatic rings. The van der Waals surface area contributed by atoms with Crippen molar-refractivity contribution in [3.05, 3.63) is 16.3 Å². The average Bonchev–Trinajstić information content (AvgIpc) is 2.41. The summed E-state index contributed by atoms with van der Waals surface area (Å²) < 4.78 is 5.77. The van der Waals surface area contributed by atoms with Crippen LogP contribution in [0, 0.1) is 16.0 Å². The van der Waals surface area contributed by atoms with Crippen LogP contribution in [-0.2, 0) is 0 Å². The van der Waals surface area contributed by atoms with E-state index >= 15 is 0 Å². The molecular weight excluding hydrogens is 248 g/mol. The largest absolute Gasteiger partial charge is 0.469 e. The van der Waals surface area contributed by atoms with E-state index in [1.807, 2.05) is 0 Å². The topological polar surface area (TPSA) is 90.2 Å². The number of hydrogen-bond acceptors (Lipinski definition) is 6. The second kappa shape index (κ2) is 5.81. The first-order valence-corrected chi connectivity index (χ1v) is 6.47. The zero-order chi connectivity index (χ0) is 13.8. The summed E-state index contributed by atoms with van der Waals surface area (Å²) >= 11 is 0. The minimum Gasteiger partial charge on any atom is -0.469 e. The standard InChI is InChI=1S/C12H18N4O3/c1-8-5-3-4-6-10(8)19-11-9(16(17)18)7-14-12(13-2)15-11/h7-8,10H,3-6H2,1-2H3,(H,13,14,15). The summed E-state index contributed by atoms with van der Waals surface area (Å²) in [4.78, 5) is 18.4. The highest BCUT2D eigenvalue weighted by atomic mass is 16.6. The lowest BCUT2D eigenvalue weighted by atomic mass is 9.88. The van der Waals surface area contributed by atoms with Crippen molar-refractivity contribution in [1.82, 2.24) is 9.97 Å². The summed E-state index contributed by atoms with van der Waals surface area (Å²) in [6, 6.07) is 0. The van der Waals surface area contributed by atoms with Gasteiger partial charge in [0.1, 0.15) is 12.3 Å². The number of nitro groups is 1. The fraction of sp³-hybridized carbons (Fsp3) is 0.667. The number of hydrogen-bond donors (Lipinski definition) is 1. The third-order valence-corrected chi connectivity index (χ3v) is 3.45. The van der Waals surface area contributed by atoms with Crippen LogP contribution < -0.4 is 10.1 Å². The Kier molecular flexibility index (Phi) is 4.13. The highest BCUT2D eigenvalue weighted by molar-refractivity contribution is 5.43. The van der Waals surface area contributed by atoms with Crippen LogP contribution in [0.3, 0.4) is 0 Å². The summed E-state index contributed by atoms with van der Waals surface area (Å²) in [6.45, 7) is 2.11. The Morgan fingerprint density at radius 2 is 2.21 bits per heavy atom. The third kappa shape index (κ3) is 3.10. The highest BCUT2D eigenvalue weighted by Gasteiger charge is 2.27. The van der Waals surface area contributed by atoms with Gasteiger partial charge >= 0.3 is 5.69 Å². The molecule has 0 spiro atoms. The van der Waals surface area contributed by atoms with Gasteiger partial charge in [0.25, 0.3) is 5.88 Å². The molecule has 1 aromatic heterocycles. The first-order chi connectivity index (χ1) is 9.11.